The summed E-state index contributed by atoms with van der Waals surface area (Å²) in [6.07, 6.45) is 3.48. The molecule has 7 heteroatoms. The van der Waals surface area contributed by atoms with E-state index < -0.39 is 0 Å². The first-order valence-corrected chi connectivity index (χ1v) is 11.8. The molecule has 0 saturated heterocycles. The zero-order chi connectivity index (χ0) is 19.8. The molecule has 1 aliphatic carbocycles. The Labute approximate surface area is 178 Å². The number of benzene rings is 1. The van der Waals surface area contributed by atoms with Gasteiger partial charge in [-0.2, -0.15) is 0 Å². The van der Waals surface area contributed by atoms with Crippen LogP contribution in [0.25, 0.3) is 11.4 Å². The van der Waals surface area contributed by atoms with Crippen molar-refractivity contribution in [3.63, 3.8) is 0 Å². The average Bonchev–Trinajstić information content (AvgIpc) is 3.24. The first-order valence-electron chi connectivity index (χ1n) is 9.56. The summed E-state index contributed by atoms with van der Waals surface area (Å²) in [5, 5.41) is 12.5. The molecule has 148 valence electrons. The maximum atomic E-state index is 14.1. The van der Waals surface area contributed by atoms with E-state index in [1.54, 1.807) is 12.1 Å². The standard InChI is InChI=1S/C21H23ClFN3S2/c1-12(2)26-20(15-10-27-19-9-13(3)7-8-14(15)19)24-25-21(26)28-11-16-17(22)5-4-6-18(16)23/h4-6,10,12-13H,7-9,11H2,1-3H3/t13-/m1/s1. The van der Waals surface area contributed by atoms with Gasteiger partial charge in [-0.1, -0.05) is 36.4 Å². The minimum atomic E-state index is -0.281. The van der Waals surface area contributed by atoms with Gasteiger partial charge in [0.15, 0.2) is 11.0 Å². The Morgan fingerprint density at radius 1 is 1.36 bits per heavy atom. The van der Waals surface area contributed by atoms with E-state index in [2.05, 4.69) is 40.9 Å². The van der Waals surface area contributed by atoms with Gasteiger partial charge < -0.3 is 0 Å². The van der Waals surface area contributed by atoms with Crippen LogP contribution in [-0.2, 0) is 18.6 Å². The maximum absolute atomic E-state index is 14.1. The van der Waals surface area contributed by atoms with Crippen LogP contribution in [-0.4, -0.2) is 14.8 Å². The summed E-state index contributed by atoms with van der Waals surface area (Å²) in [4.78, 5) is 1.49. The fourth-order valence-electron chi connectivity index (χ4n) is 3.70. The second kappa shape index (κ2) is 8.17. The van der Waals surface area contributed by atoms with Gasteiger partial charge in [-0.25, -0.2) is 4.39 Å². The summed E-state index contributed by atoms with van der Waals surface area (Å²) in [5.74, 6) is 1.81. The Kier molecular flexibility index (Phi) is 5.81. The molecule has 0 saturated carbocycles. The monoisotopic (exact) mass is 435 g/mol. The summed E-state index contributed by atoms with van der Waals surface area (Å²) in [5.41, 5.74) is 3.16. The average molecular weight is 436 g/mol. The van der Waals surface area contributed by atoms with Crippen LogP contribution in [0.1, 0.15) is 49.2 Å². The van der Waals surface area contributed by atoms with E-state index >= 15 is 0 Å². The topological polar surface area (TPSA) is 30.7 Å². The Balaban J connectivity index is 1.66. The summed E-state index contributed by atoms with van der Waals surface area (Å²) < 4.78 is 16.3. The van der Waals surface area contributed by atoms with Crippen LogP contribution in [0.3, 0.4) is 0 Å². The van der Waals surface area contributed by atoms with Gasteiger partial charge in [-0.05, 0) is 56.7 Å². The Hall–Kier alpha value is -1.37. The van der Waals surface area contributed by atoms with E-state index in [-0.39, 0.29) is 11.9 Å². The van der Waals surface area contributed by atoms with Gasteiger partial charge in [0.25, 0.3) is 0 Å². The lowest BCUT2D eigenvalue weighted by molar-refractivity contribution is 0.507. The Morgan fingerprint density at radius 2 is 2.18 bits per heavy atom. The number of nitrogens with zero attached hydrogens (tertiary/aromatic N) is 3. The molecule has 0 N–H and O–H groups in total. The number of thiophene rings is 1. The van der Waals surface area contributed by atoms with Gasteiger partial charge in [0.1, 0.15) is 5.82 Å². The molecule has 0 bridgehead atoms. The zero-order valence-corrected chi connectivity index (χ0v) is 18.6. The Morgan fingerprint density at radius 3 is 2.93 bits per heavy atom. The van der Waals surface area contributed by atoms with Crippen LogP contribution in [0.2, 0.25) is 5.02 Å². The van der Waals surface area contributed by atoms with E-state index in [1.807, 2.05) is 11.3 Å². The number of rotatable bonds is 5. The molecule has 4 rings (SSSR count). The normalized spacial score (nSPS) is 16.6. The molecule has 0 aliphatic heterocycles. The largest absolute Gasteiger partial charge is 0.299 e. The predicted molar refractivity (Wildman–Crippen MR) is 116 cm³/mol. The van der Waals surface area contributed by atoms with Crippen molar-refractivity contribution in [2.75, 3.05) is 0 Å². The van der Waals surface area contributed by atoms with Crippen molar-refractivity contribution in [3.8, 4) is 11.4 Å². The number of hydrogen-bond donors (Lipinski definition) is 0. The highest BCUT2D eigenvalue weighted by Crippen LogP contribution is 2.39. The fraction of sp³-hybridized carbons (Fsp3) is 0.429. The quantitative estimate of drug-likeness (QED) is 0.413. The molecule has 0 spiro atoms. The van der Waals surface area contributed by atoms with Crippen molar-refractivity contribution >= 4 is 34.7 Å². The van der Waals surface area contributed by atoms with Crippen molar-refractivity contribution in [1.82, 2.24) is 14.8 Å². The first kappa shape index (κ1) is 19.9. The fourth-order valence-corrected chi connectivity index (χ4v) is 6.35. The molecule has 0 unspecified atom stereocenters. The minimum Gasteiger partial charge on any atom is -0.299 e. The molecule has 2 aromatic heterocycles. The van der Waals surface area contributed by atoms with Gasteiger partial charge in [-0.3, -0.25) is 4.57 Å². The third-order valence-electron chi connectivity index (χ3n) is 5.23. The highest BCUT2D eigenvalue weighted by Gasteiger charge is 2.25. The molecule has 1 atom stereocenters. The second-order valence-electron chi connectivity index (χ2n) is 7.66. The van der Waals surface area contributed by atoms with E-state index in [4.69, 9.17) is 11.6 Å². The smallest absolute Gasteiger partial charge is 0.192 e. The summed E-state index contributed by atoms with van der Waals surface area (Å²) >= 11 is 9.50. The van der Waals surface area contributed by atoms with Crippen LogP contribution in [0.5, 0.6) is 0 Å². The third kappa shape index (κ3) is 3.74. The lowest BCUT2D eigenvalue weighted by Gasteiger charge is -2.20. The lowest BCUT2D eigenvalue weighted by Crippen LogP contribution is -2.10. The van der Waals surface area contributed by atoms with Crippen LogP contribution < -0.4 is 0 Å². The molecule has 0 radical (unpaired) electrons. The SMILES string of the molecule is CC(C)n1c(SCc2c(F)cccc2Cl)nnc1-c1csc2c1CC[C@@H](C)C2. The molecule has 1 aromatic carbocycles. The lowest BCUT2D eigenvalue weighted by atomic mass is 9.88. The molecule has 3 aromatic rings. The van der Waals surface area contributed by atoms with Gasteiger partial charge in [0.2, 0.25) is 0 Å². The first-order chi connectivity index (χ1) is 13.5. The Bertz CT molecular complexity index is 975. The highest BCUT2D eigenvalue weighted by atomic mass is 35.5. The molecule has 1 aliphatic rings. The van der Waals surface area contributed by atoms with E-state index in [0.717, 1.165) is 29.7 Å². The number of aromatic nitrogens is 3. The van der Waals surface area contributed by atoms with E-state index in [0.29, 0.717) is 16.3 Å². The van der Waals surface area contributed by atoms with Crippen molar-refractivity contribution < 1.29 is 4.39 Å². The summed E-state index contributed by atoms with van der Waals surface area (Å²) in [6.45, 7) is 6.59. The van der Waals surface area contributed by atoms with Gasteiger partial charge in [0.05, 0.1) is 0 Å². The van der Waals surface area contributed by atoms with E-state index in [9.17, 15) is 4.39 Å². The molecular formula is C21H23ClFN3S2. The van der Waals surface area contributed by atoms with Gasteiger partial charge >= 0.3 is 0 Å². The van der Waals surface area contributed by atoms with Crippen LogP contribution >= 0.6 is 34.7 Å². The molecular weight excluding hydrogens is 413 g/mol. The number of halogens is 2. The van der Waals surface area contributed by atoms with Gasteiger partial charge in [-0.15, -0.1) is 21.5 Å². The maximum Gasteiger partial charge on any atom is 0.192 e. The number of fused-ring (bicyclic) bond motifs is 1. The van der Waals surface area contributed by atoms with Crippen LogP contribution in [0.15, 0.2) is 28.7 Å². The molecule has 0 fully saturated rings. The van der Waals surface area contributed by atoms with Crippen molar-refractivity contribution in [3.05, 3.63) is 50.4 Å². The van der Waals surface area contributed by atoms with E-state index in [1.165, 1.54) is 40.3 Å². The summed E-state index contributed by atoms with van der Waals surface area (Å²) in [6, 6.07) is 5.00. The molecule has 2 heterocycles. The van der Waals surface area contributed by atoms with Gasteiger partial charge in [0, 0.05) is 38.2 Å². The second-order valence-corrected chi connectivity index (χ2v) is 9.97. The van der Waals surface area contributed by atoms with Crippen molar-refractivity contribution in [2.24, 2.45) is 5.92 Å². The van der Waals surface area contributed by atoms with Crippen LogP contribution in [0.4, 0.5) is 4.39 Å². The summed E-state index contributed by atoms with van der Waals surface area (Å²) in [7, 11) is 0. The predicted octanol–water partition coefficient (Wildman–Crippen LogP) is 6.80. The van der Waals surface area contributed by atoms with Crippen LogP contribution in [0, 0.1) is 11.7 Å². The van der Waals surface area contributed by atoms with Crippen molar-refractivity contribution in [2.45, 2.75) is 57.0 Å². The molecule has 0 amide bonds. The number of thioether (sulfide) groups is 1. The zero-order valence-electron chi connectivity index (χ0n) is 16.2. The van der Waals surface area contributed by atoms with Crippen molar-refractivity contribution in [1.29, 1.82) is 0 Å². The minimum absolute atomic E-state index is 0.210. The highest BCUT2D eigenvalue weighted by molar-refractivity contribution is 7.98. The third-order valence-corrected chi connectivity index (χ3v) is 7.61. The number of hydrogen-bond acceptors (Lipinski definition) is 4. The molecule has 3 nitrogen and oxygen atoms in total. The molecule has 28 heavy (non-hydrogen) atoms.